The normalized spacial score (nSPS) is 10.9. The van der Waals surface area contributed by atoms with E-state index in [-0.39, 0.29) is 5.91 Å². The van der Waals surface area contributed by atoms with Crippen molar-refractivity contribution in [3.8, 4) is 22.8 Å². The van der Waals surface area contributed by atoms with Crippen LogP contribution in [0.15, 0.2) is 59.7 Å². The molecule has 3 rings (SSSR count). The van der Waals surface area contributed by atoms with Gasteiger partial charge in [0.05, 0.1) is 25.6 Å². The highest BCUT2D eigenvalue weighted by Crippen LogP contribution is 2.21. The van der Waals surface area contributed by atoms with E-state index in [0.29, 0.717) is 11.4 Å². The summed E-state index contributed by atoms with van der Waals surface area (Å²) < 4.78 is 10.8. The third-order valence-electron chi connectivity index (χ3n) is 4.48. The van der Waals surface area contributed by atoms with Crippen LogP contribution < -0.4 is 14.9 Å². The van der Waals surface area contributed by atoms with Crippen molar-refractivity contribution in [3.05, 3.63) is 65.9 Å². The summed E-state index contributed by atoms with van der Waals surface area (Å²) in [5.74, 6) is 1.22. The number of methoxy groups -OCH3 is 1. The van der Waals surface area contributed by atoms with Crippen molar-refractivity contribution >= 4 is 12.1 Å². The summed E-state index contributed by atoms with van der Waals surface area (Å²) in [6, 6.07) is 16.7. The first-order valence-electron chi connectivity index (χ1n) is 9.95. The first-order chi connectivity index (χ1) is 14.7. The molecule has 2 aromatic carbocycles. The Kier molecular flexibility index (Phi) is 7.60. The van der Waals surface area contributed by atoms with E-state index in [1.807, 2.05) is 48.5 Å². The third kappa shape index (κ3) is 5.94. The molecule has 30 heavy (non-hydrogen) atoms. The Hall–Kier alpha value is -3.61. The lowest BCUT2D eigenvalue weighted by Crippen LogP contribution is -2.17. The van der Waals surface area contributed by atoms with Crippen molar-refractivity contribution in [2.24, 2.45) is 5.10 Å². The van der Waals surface area contributed by atoms with Crippen molar-refractivity contribution in [3.63, 3.8) is 0 Å². The number of aromatic nitrogens is 2. The average Bonchev–Trinajstić information content (AvgIpc) is 3.28. The first-order valence-corrected chi connectivity index (χ1v) is 9.95. The Labute approximate surface area is 176 Å². The number of amides is 1. The SMILES string of the molecule is CCCCCOc1ccc(-c2cc(C(=O)NN=Cc3ccc(OC)cc3)[nH]n2)cc1. The Morgan fingerprint density at radius 2 is 1.83 bits per heavy atom. The van der Waals surface area contributed by atoms with E-state index in [4.69, 9.17) is 9.47 Å². The van der Waals surface area contributed by atoms with E-state index in [2.05, 4.69) is 27.6 Å². The number of aromatic amines is 1. The minimum Gasteiger partial charge on any atom is -0.497 e. The lowest BCUT2D eigenvalue weighted by atomic mass is 10.1. The fraction of sp³-hybridized carbons (Fsp3) is 0.261. The van der Waals surface area contributed by atoms with Gasteiger partial charge in [-0.05, 0) is 66.6 Å². The minimum atomic E-state index is -0.366. The van der Waals surface area contributed by atoms with Crippen molar-refractivity contribution in [1.29, 1.82) is 0 Å². The van der Waals surface area contributed by atoms with Crippen molar-refractivity contribution in [2.75, 3.05) is 13.7 Å². The van der Waals surface area contributed by atoms with E-state index in [1.165, 1.54) is 12.8 Å². The molecule has 0 saturated heterocycles. The number of carbonyl (C=O) groups is 1. The van der Waals surface area contributed by atoms with Crippen molar-refractivity contribution < 1.29 is 14.3 Å². The molecule has 0 atom stereocenters. The van der Waals surface area contributed by atoms with Crippen LogP contribution >= 0.6 is 0 Å². The molecular weight excluding hydrogens is 380 g/mol. The van der Waals surface area contributed by atoms with Gasteiger partial charge < -0.3 is 9.47 Å². The Bertz CT molecular complexity index is 963. The molecule has 3 aromatic rings. The van der Waals surface area contributed by atoms with Gasteiger partial charge >= 0.3 is 0 Å². The van der Waals surface area contributed by atoms with Gasteiger partial charge in [0.2, 0.25) is 0 Å². The number of rotatable bonds is 10. The van der Waals surface area contributed by atoms with Crippen LogP contribution in [0.4, 0.5) is 0 Å². The smallest absolute Gasteiger partial charge is 0.289 e. The lowest BCUT2D eigenvalue weighted by Gasteiger charge is -2.06. The van der Waals surface area contributed by atoms with Gasteiger partial charge in [0, 0.05) is 5.56 Å². The Morgan fingerprint density at radius 1 is 1.10 bits per heavy atom. The van der Waals surface area contributed by atoms with Gasteiger partial charge in [-0.3, -0.25) is 9.89 Å². The van der Waals surface area contributed by atoms with E-state index in [1.54, 1.807) is 19.4 Å². The second-order valence-corrected chi connectivity index (χ2v) is 6.72. The maximum atomic E-state index is 12.3. The van der Waals surface area contributed by atoms with Crippen molar-refractivity contribution in [2.45, 2.75) is 26.2 Å². The van der Waals surface area contributed by atoms with E-state index < -0.39 is 0 Å². The summed E-state index contributed by atoms with van der Waals surface area (Å²) in [6.07, 6.45) is 4.95. The zero-order chi connectivity index (χ0) is 21.2. The van der Waals surface area contributed by atoms with Crippen LogP contribution in [0.2, 0.25) is 0 Å². The third-order valence-corrected chi connectivity index (χ3v) is 4.48. The molecule has 0 aliphatic heterocycles. The number of benzene rings is 2. The second-order valence-electron chi connectivity index (χ2n) is 6.72. The summed E-state index contributed by atoms with van der Waals surface area (Å²) in [5, 5.41) is 10.9. The number of carbonyl (C=O) groups excluding carboxylic acids is 1. The largest absolute Gasteiger partial charge is 0.497 e. The number of nitrogens with one attached hydrogen (secondary N) is 2. The van der Waals surface area contributed by atoms with Gasteiger partial charge in [-0.15, -0.1) is 0 Å². The molecule has 0 unspecified atom stereocenters. The van der Waals surface area contributed by atoms with Crippen molar-refractivity contribution in [1.82, 2.24) is 15.6 Å². The summed E-state index contributed by atoms with van der Waals surface area (Å²) in [6.45, 7) is 2.89. The van der Waals surface area contributed by atoms with E-state index in [0.717, 1.165) is 35.7 Å². The molecule has 0 fully saturated rings. The molecule has 0 saturated carbocycles. The highest BCUT2D eigenvalue weighted by molar-refractivity contribution is 5.94. The van der Waals surface area contributed by atoms with Gasteiger partial charge in [0.15, 0.2) is 0 Å². The van der Waals surface area contributed by atoms with Gasteiger partial charge in [-0.25, -0.2) is 5.43 Å². The molecule has 1 heterocycles. The zero-order valence-electron chi connectivity index (χ0n) is 17.2. The Morgan fingerprint density at radius 3 is 2.53 bits per heavy atom. The van der Waals surface area contributed by atoms with Crippen LogP contribution in [0, 0.1) is 0 Å². The van der Waals surface area contributed by atoms with Crippen LogP contribution in [-0.2, 0) is 0 Å². The van der Waals surface area contributed by atoms with Gasteiger partial charge in [-0.2, -0.15) is 10.2 Å². The number of H-pyrrole nitrogens is 1. The summed E-state index contributed by atoms with van der Waals surface area (Å²) in [4.78, 5) is 12.3. The topological polar surface area (TPSA) is 88.6 Å². The molecule has 0 aliphatic carbocycles. The number of hydrogen-bond donors (Lipinski definition) is 2. The van der Waals surface area contributed by atoms with Crippen LogP contribution in [-0.4, -0.2) is 36.0 Å². The molecule has 156 valence electrons. The fourth-order valence-corrected chi connectivity index (χ4v) is 2.77. The molecule has 0 bridgehead atoms. The van der Waals surface area contributed by atoms with Crippen LogP contribution in [0.25, 0.3) is 11.3 Å². The molecule has 2 N–H and O–H groups in total. The fourth-order valence-electron chi connectivity index (χ4n) is 2.77. The van der Waals surface area contributed by atoms with E-state index in [9.17, 15) is 4.79 Å². The van der Waals surface area contributed by atoms with Crippen LogP contribution in [0.3, 0.4) is 0 Å². The highest BCUT2D eigenvalue weighted by atomic mass is 16.5. The average molecular weight is 406 g/mol. The molecule has 0 spiro atoms. The van der Waals surface area contributed by atoms with E-state index >= 15 is 0 Å². The summed E-state index contributed by atoms with van der Waals surface area (Å²) in [5.41, 5.74) is 5.24. The van der Waals surface area contributed by atoms with Gasteiger partial charge in [-0.1, -0.05) is 19.8 Å². The quantitative estimate of drug-likeness (QED) is 0.296. The Balaban J connectivity index is 1.54. The van der Waals surface area contributed by atoms with Gasteiger partial charge in [0.1, 0.15) is 17.2 Å². The standard InChI is InChI=1S/C23H26N4O3/c1-3-4-5-14-30-20-12-8-18(9-13-20)21-15-22(26-25-21)23(28)27-24-16-17-6-10-19(29-2)11-7-17/h6-13,15-16H,3-5,14H2,1-2H3,(H,25,26)(H,27,28). The maximum Gasteiger partial charge on any atom is 0.289 e. The number of hydrogen-bond acceptors (Lipinski definition) is 5. The zero-order valence-corrected chi connectivity index (χ0v) is 17.2. The molecule has 7 heteroatoms. The predicted molar refractivity (Wildman–Crippen MR) is 117 cm³/mol. The number of ether oxygens (including phenoxy) is 2. The highest BCUT2D eigenvalue weighted by Gasteiger charge is 2.10. The number of unbranched alkanes of at least 4 members (excludes halogenated alkanes) is 2. The first kappa shape index (κ1) is 21.1. The monoisotopic (exact) mass is 406 g/mol. The minimum absolute atomic E-state index is 0.330. The number of nitrogens with zero attached hydrogens (tertiary/aromatic N) is 2. The second kappa shape index (κ2) is 10.8. The molecular formula is C23H26N4O3. The lowest BCUT2D eigenvalue weighted by molar-refractivity contribution is 0.0950. The summed E-state index contributed by atoms with van der Waals surface area (Å²) >= 11 is 0. The maximum absolute atomic E-state index is 12.3. The predicted octanol–water partition coefficient (Wildman–Crippen LogP) is 4.42. The van der Waals surface area contributed by atoms with Crippen LogP contribution in [0.1, 0.15) is 42.2 Å². The number of hydrazone groups is 1. The molecule has 1 aromatic heterocycles. The molecule has 7 nitrogen and oxygen atoms in total. The molecule has 0 radical (unpaired) electrons. The molecule has 0 aliphatic rings. The van der Waals surface area contributed by atoms with Gasteiger partial charge in [0.25, 0.3) is 5.91 Å². The molecule has 1 amide bonds. The summed E-state index contributed by atoms with van der Waals surface area (Å²) in [7, 11) is 1.61. The van der Waals surface area contributed by atoms with Crippen LogP contribution in [0.5, 0.6) is 11.5 Å².